The molecule has 3 aromatic rings. The minimum absolute atomic E-state index is 0.000215. The topological polar surface area (TPSA) is 93.7 Å². The van der Waals surface area contributed by atoms with Gasteiger partial charge in [0.05, 0.1) is 22.1 Å². The summed E-state index contributed by atoms with van der Waals surface area (Å²) in [6.45, 7) is -0.412. The Morgan fingerprint density at radius 2 is 1.66 bits per heavy atom. The maximum Gasteiger partial charge on any atom is 0.262 e. The van der Waals surface area contributed by atoms with Crippen molar-refractivity contribution in [3.8, 4) is 11.5 Å². The number of amides is 1. The molecule has 0 aromatic heterocycles. The van der Waals surface area contributed by atoms with Crippen LogP contribution in [-0.2, 0) is 14.8 Å². The molecule has 11 heteroatoms. The van der Waals surface area contributed by atoms with Crippen molar-refractivity contribution in [2.75, 3.05) is 23.8 Å². The molecule has 7 nitrogen and oxygen atoms in total. The van der Waals surface area contributed by atoms with Crippen molar-refractivity contribution in [3.63, 3.8) is 0 Å². The molecule has 0 fully saturated rings. The fourth-order valence-corrected chi connectivity index (χ4v) is 4.12. The van der Waals surface area contributed by atoms with Crippen LogP contribution in [0.25, 0.3) is 0 Å². The van der Waals surface area contributed by atoms with E-state index in [9.17, 15) is 17.6 Å². The van der Waals surface area contributed by atoms with Gasteiger partial charge in [-0.3, -0.25) is 9.52 Å². The van der Waals surface area contributed by atoms with Gasteiger partial charge >= 0.3 is 0 Å². The Kier molecular flexibility index (Phi) is 7.44. The molecule has 0 saturated carbocycles. The first-order valence-corrected chi connectivity index (χ1v) is 11.3. The van der Waals surface area contributed by atoms with Gasteiger partial charge in [-0.1, -0.05) is 23.2 Å². The van der Waals surface area contributed by atoms with Crippen molar-refractivity contribution in [3.05, 3.63) is 76.5 Å². The molecule has 0 spiro atoms. The van der Waals surface area contributed by atoms with Crippen LogP contribution in [-0.4, -0.2) is 28.0 Å². The maximum absolute atomic E-state index is 13.2. The third kappa shape index (κ3) is 6.03. The van der Waals surface area contributed by atoms with E-state index in [0.717, 1.165) is 6.07 Å². The van der Waals surface area contributed by atoms with Crippen LogP contribution >= 0.6 is 23.2 Å². The number of ether oxygens (including phenoxy) is 2. The molecular weight excluding hydrogens is 482 g/mol. The fraction of sp³-hybridized carbons (Fsp3) is 0.0952. The summed E-state index contributed by atoms with van der Waals surface area (Å²) in [4.78, 5) is 12.0. The van der Waals surface area contributed by atoms with Crippen LogP contribution < -0.4 is 19.5 Å². The summed E-state index contributed by atoms with van der Waals surface area (Å²) in [5.74, 6) is -0.447. The first kappa shape index (κ1) is 23.6. The normalized spacial score (nSPS) is 11.0. The lowest BCUT2D eigenvalue weighted by Gasteiger charge is -2.12. The summed E-state index contributed by atoms with van der Waals surface area (Å²) in [6, 6.07) is 13.9. The van der Waals surface area contributed by atoms with Gasteiger partial charge in [0.1, 0.15) is 17.3 Å². The lowest BCUT2D eigenvalue weighted by molar-refractivity contribution is -0.118. The Labute approximate surface area is 194 Å². The van der Waals surface area contributed by atoms with Gasteiger partial charge in [0.2, 0.25) is 0 Å². The van der Waals surface area contributed by atoms with Gasteiger partial charge in [-0.2, -0.15) is 0 Å². The average Bonchev–Trinajstić information content (AvgIpc) is 2.75. The van der Waals surface area contributed by atoms with Crippen molar-refractivity contribution < 1.29 is 27.1 Å². The third-order valence-corrected chi connectivity index (χ3v) is 6.08. The van der Waals surface area contributed by atoms with Crippen molar-refractivity contribution in [2.45, 2.75) is 4.90 Å². The molecule has 168 valence electrons. The van der Waals surface area contributed by atoms with Crippen LogP contribution in [0.5, 0.6) is 11.5 Å². The van der Waals surface area contributed by atoms with Gasteiger partial charge in [0.15, 0.2) is 6.61 Å². The lowest BCUT2D eigenvalue weighted by atomic mass is 10.3. The maximum atomic E-state index is 13.2. The summed E-state index contributed by atoms with van der Waals surface area (Å²) < 4.78 is 51.2. The first-order valence-electron chi connectivity index (χ1n) is 9.02. The van der Waals surface area contributed by atoms with Crippen LogP contribution in [0, 0.1) is 5.82 Å². The van der Waals surface area contributed by atoms with Crippen molar-refractivity contribution in [1.82, 2.24) is 0 Å². The monoisotopic (exact) mass is 498 g/mol. The molecule has 0 aliphatic rings. The largest absolute Gasteiger partial charge is 0.497 e. The summed E-state index contributed by atoms with van der Waals surface area (Å²) >= 11 is 11.8. The second-order valence-corrected chi connectivity index (χ2v) is 8.89. The number of carbonyl (C=O) groups is 1. The summed E-state index contributed by atoms with van der Waals surface area (Å²) in [5, 5.41) is 2.37. The Balaban J connectivity index is 1.63. The molecule has 0 bridgehead atoms. The predicted molar refractivity (Wildman–Crippen MR) is 121 cm³/mol. The van der Waals surface area contributed by atoms with Crippen molar-refractivity contribution in [1.29, 1.82) is 0 Å². The molecular formula is C21H17Cl2FN2O5S. The van der Waals surface area contributed by atoms with Gasteiger partial charge in [-0.05, 0) is 60.7 Å². The van der Waals surface area contributed by atoms with Crippen molar-refractivity contribution >= 4 is 50.5 Å². The van der Waals surface area contributed by atoms with E-state index in [2.05, 4.69) is 10.0 Å². The SMILES string of the molecule is COc1ccc(NS(=O)(=O)c2ccc(OCC(=O)Nc3ccc(F)c(Cl)c3)c(Cl)c2)cc1. The second-order valence-electron chi connectivity index (χ2n) is 6.39. The number of rotatable bonds is 8. The third-order valence-electron chi connectivity index (χ3n) is 4.12. The Morgan fingerprint density at radius 3 is 2.28 bits per heavy atom. The van der Waals surface area contributed by atoms with Crippen molar-refractivity contribution in [2.24, 2.45) is 0 Å². The Bertz CT molecular complexity index is 1240. The summed E-state index contributed by atoms with van der Waals surface area (Å²) in [5.41, 5.74) is 0.641. The molecule has 0 atom stereocenters. The number of hydrogen-bond acceptors (Lipinski definition) is 5. The van der Waals surface area contributed by atoms with E-state index in [4.69, 9.17) is 32.7 Å². The van der Waals surface area contributed by atoms with E-state index >= 15 is 0 Å². The predicted octanol–water partition coefficient (Wildman–Crippen LogP) is 4.96. The van der Waals surface area contributed by atoms with Crippen LogP contribution in [0.3, 0.4) is 0 Å². The highest BCUT2D eigenvalue weighted by Crippen LogP contribution is 2.29. The van der Waals surface area contributed by atoms with Crippen LogP contribution in [0.1, 0.15) is 0 Å². The molecule has 3 rings (SSSR count). The van der Waals surface area contributed by atoms with E-state index < -0.39 is 28.4 Å². The molecule has 0 aliphatic carbocycles. The van der Waals surface area contributed by atoms with Gasteiger partial charge in [-0.25, -0.2) is 12.8 Å². The highest BCUT2D eigenvalue weighted by molar-refractivity contribution is 7.92. The molecule has 32 heavy (non-hydrogen) atoms. The molecule has 0 unspecified atom stereocenters. The number of sulfonamides is 1. The molecule has 0 aliphatic heterocycles. The molecule has 0 radical (unpaired) electrons. The lowest BCUT2D eigenvalue weighted by Crippen LogP contribution is -2.20. The van der Waals surface area contributed by atoms with E-state index in [1.54, 1.807) is 24.3 Å². The second kappa shape index (κ2) is 10.1. The molecule has 1 amide bonds. The molecule has 3 aromatic carbocycles. The Hall–Kier alpha value is -3.01. The highest BCUT2D eigenvalue weighted by atomic mass is 35.5. The standard InChI is InChI=1S/C21H17Cl2FN2O5S/c1-30-15-5-2-13(3-6-15)26-32(28,29)16-7-9-20(18(23)11-16)31-12-21(27)25-14-4-8-19(24)17(22)10-14/h2-11,26H,12H2,1H3,(H,25,27). The van der Waals surface area contributed by atoms with E-state index in [-0.39, 0.29) is 20.7 Å². The zero-order chi connectivity index (χ0) is 23.3. The Morgan fingerprint density at radius 1 is 0.969 bits per heavy atom. The quantitative estimate of drug-likeness (QED) is 0.457. The molecule has 0 saturated heterocycles. The number of benzene rings is 3. The zero-order valence-electron chi connectivity index (χ0n) is 16.6. The minimum Gasteiger partial charge on any atom is -0.497 e. The fourth-order valence-electron chi connectivity index (χ4n) is 2.55. The molecule has 2 N–H and O–H groups in total. The number of halogens is 3. The van der Waals surface area contributed by atoms with E-state index in [1.807, 2.05) is 0 Å². The number of nitrogens with one attached hydrogen (secondary N) is 2. The van der Waals surface area contributed by atoms with Gasteiger partial charge in [0, 0.05) is 11.4 Å². The van der Waals surface area contributed by atoms with E-state index in [1.165, 1.54) is 37.4 Å². The number of anilines is 2. The van der Waals surface area contributed by atoms with Crippen LogP contribution in [0.2, 0.25) is 10.0 Å². The smallest absolute Gasteiger partial charge is 0.262 e. The summed E-state index contributed by atoms with van der Waals surface area (Å²) in [7, 11) is -2.40. The van der Waals surface area contributed by atoms with Crippen LogP contribution in [0.15, 0.2) is 65.6 Å². The van der Waals surface area contributed by atoms with E-state index in [0.29, 0.717) is 17.1 Å². The molecule has 0 heterocycles. The first-order chi connectivity index (χ1) is 15.2. The van der Waals surface area contributed by atoms with Gasteiger partial charge in [0.25, 0.3) is 15.9 Å². The number of carbonyl (C=O) groups excluding carboxylic acids is 1. The highest BCUT2D eigenvalue weighted by Gasteiger charge is 2.17. The van der Waals surface area contributed by atoms with Gasteiger partial charge in [-0.15, -0.1) is 0 Å². The van der Waals surface area contributed by atoms with Gasteiger partial charge < -0.3 is 14.8 Å². The summed E-state index contributed by atoms with van der Waals surface area (Å²) in [6.07, 6.45) is 0. The minimum atomic E-state index is -3.90. The number of methoxy groups -OCH3 is 1. The average molecular weight is 499 g/mol. The number of hydrogen-bond donors (Lipinski definition) is 2. The van der Waals surface area contributed by atoms with Crippen LogP contribution in [0.4, 0.5) is 15.8 Å². The zero-order valence-corrected chi connectivity index (χ0v) is 18.9.